The fourth-order valence-corrected chi connectivity index (χ4v) is 3.14. The maximum absolute atomic E-state index is 5.96. The summed E-state index contributed by atoms with van der Waals surface area (Å²) < 4.78 is 34.9. The minimum absolute atomic E-state index is 0. The lowest BCUT2D eigenvalue weighted by Crippen LogP contribution is -2.41. The van der Waals surface area contributed by atoms with Crippen molar-refractivity contribution in [3.63, 3.8) is 0 Å². The summed E-state index contributed by atoms with van der Waals surface area (Å²) in [6, 6.07) is 0. The second-order valence-electron chi connectivity index (χ2n) is 11.8. The molecule has 9 heteroatoms. The molecule has 3 aliphatic heterocycles. The predicted molar refractivity (Wildman–Crippen MR) is 194 cm³/mol. The summed E-state index contributed by atoms with van der Waals surface area (Å²) in [7, 11) is -1.02. The van der Waals surface area contributed by atoms with E-state index in [9.17, 15) is 0 Å². The molecule has 0 unspecified atom stereocenters. The molecule has 0 bridgehead atoms. The molecule has 42 heavy (non-hydrogen) atoms. The molecular weight excluding hydrogens is 525 g/mol. The van der Waals surface area contributed by atoms with Gasteiger partial charge in [0.15, 0.2) is 0 Å². The Kier molecular flexibility index (Phi) is 31.4. The van der Waals surface area contributed by atoms with Gasteiger partial charge in [-0.15, -0.1) is 0 Å². The lowest BCUT2D eigenvalue weighted by molar-refractivity contribution is 0.00578. The Morgan fingerprint density at radius 3 is 0.571 bits per heavy atom. The topological polar surface area (TPSA) is 55.4 Å². The first-order valence-electron chi connectivity index (χ1n) is 16.7. The molecular formula is C33H81B3O6. The van der Waals surface area contributed by atoms with Crippen LogP contribution in [0.4, 0.5) is 0 Å². The average molecular weight is 606 g/mol. The molecule has 3 heterocycles. The highest BCUT2D eigenvalue weighted by Gasteiger charge is 2.63. The molecule has 0 spiro atoms. The zero-order chi connectivity index (χ0) is 34.7. The first-order valence-corrected chi connectivity index (χ1v) is 16.7. The summed E-state index contributed by atoms with van der Waals surface area (Å²) in [5, 5.41) is 0. The van der Waals surface area contributed by atoms with Crippen LogP contribution in [0.2, 0.25) is 6.82 Å². The predicted octanol–water partition coefficient (Wildman–Crippen LogP) is 11.1. The molecule has 3 fully saturated rings. The molecule has 0 N–H and O–H groups in total. The smallest absolute Gasteiger partial charge is 0.405 e. The Bertz CT molecular complexity index is 527. The van der Waals surface area contributed by atoms with Crippen LogP contribution in [0.3, 0.4) is 0 Å². The number of rotatable bonds is 1. The summed E-state index contributed by atoms with van der Waals surface area (Å²) >= 11 is 0. The maximum atomic E-state index is 5.96. The van der Waals surface area contributed by atoms with Gasteiger partial charge in [0.1, 0.15) is 0 Å². The molecule has 0 aliphatic carbocycles. The quantitative estimate of drug-likeness (QED) is 0.277. The van der Waals surface area contributed by atoms with E-state index in [1.54, 1.807) is 0 Å². The molecule has 258 valence electrons. The van der Waals surface area contributed by atoms with Gasteiger partial charge in [-0.3, -0.25) is 0 Å². The molecule has 0 aromatic rings. The maximum Gasteiger partial charge on any atom is 0.488 e. The zero-order valence-electron chi connectivity index (χ0n) is 32.9. The van der Waals surface area contributed by atoms with Crippen molar-refractivity contribution in [1.29, 1.82) is 0 Å². The van der Waals surface area contributed by atoms with Gasteiger partial charge in [0.25, 0.3) is 0 Å². The fourth-order valence-electron chi connectivity index (χ4n) is 3.14. The molecule has 6 nitrogen and oxygen atoms in total. The van der Waals surface area contributed by atoms with Crippen LogP contribution in [-0.2, 0) is 27.9 Å². The summed E-state index contributed by atoms with van der Waals surface area (Å²) in [5.74, 6) is 0. The molecule has 3 aliphatic rings. The monoisotopic (exact) mass is 607 g/mol. The Hall–Kier alpha value is -0.0452. The highest BCUT2D eigenvalue weighted by molar-refractivity contribution is 7.11. The number of hydrogen-bond donors (Lipinski definition) is 0. The van der Waals surface area contributed by atoms with Crippen molar-refractivity contribution in [3.05, 3.63) is 0 Å². The number of hydrogen-bond acceptors (Lipinski definition) is 6. The Morgan fingerprint density at radius 2 is 0.476 bits per heavy atom. The molecule has 0 radical (unpaired) electrons. The minimum atomic E-state index is -0.476. The third-order valence-corrected chi connectivity index (χ3v) is 7.14. The SMILES string of the molecule is C.CB1OC(C)(C)C(C)(C)O1.CC.CC.CC.CC.CC.CC1(C)OB(B2OC(C)(C)C(C)(C)O2)OC1(C)C.CCC. The van der Waals surface area contributed by atoms with Crippen LogP contribution in [-0.4, -0.2) is 54.7 Å². The van der Waals surface area contributed by atoms with Gasteiger partial charge in [0.2, 0.25) is 0 Å². The molecule has 0 atom stereocenters. The summed E-state index contributed by atoms with van der Waals surface area (Å²) in [5.41, 5.74) is -1.76. The highest BCUT2D eigenvalue weighted by atomic mass is 16.7. The first kappa shape index (κ1) is 54.4. The van der Waals surface area contributed by atoms with E-state index in [1.165, 1.54) is 6.42 Å². The molecule has 0 aromatic carbocycles. The van der Waals surface area contributed by atoms with E-state index >= 15 is 0 Å². The summed E-state index contributed by atoms with van der Waals surface area (Å²) in [6.45, 7) is 50.6. The van der Waals surface area contributed by atoms with Gasteiger partial charge in [0, 0.05) is 0 Å². The van der Waals surface area contributed by atoms with Gasteiger partial charge < -0.3 is 27.9 Å². The van der Waals surface area contributed by atoms with Gasteiger partial charge in [-0.2, -0.15) is 0 Å². The largest absolute Gasteiger partial charge is 0.488 e. The molecule has 3 saturated heterocycles. The van der Waals surface area contributed by atoms with E-state index in [0.717, 1.165) is 0 Å². The molecule has 0 aromatic heterocycles. The van der Waals surface area contributed by atoms with E-state index < -0.39 is 14.0 Å². The Morgan fingerprint density at radius 1 is 0.357 bits per heavy atom. The van der Waals surface area contributed by atoms with Crippen LogP contribution in [0.1, 0.15) is 180 Å². The van der Waals surface area contributed by atoms with Crippen molar-refractivity contribution < 1.29 is 27.9 Å². The fraction of sp³-hybridized carbons (Fsp3) is 1.00. The van der Waals surface area contributed by atoms with E-state index in [2.05, 4.69) is 41.5 Å². The lowest BCUT2D eigenvalue weighted by Gasteiger charge is -2.32. The average Bonchev–Trinajstić information content (AvgIpc) is 3.33. The minimum Gasteiger partial charge on any atom is -0.405 e. The van der Waals surface area contributed by atoms with Crippen molar-refractivity contribution in [2.24, 2.45) is 0 Å². The van der Waals surface area contributed by atoms with Crippen molar-refractivity contribution in [1.82, 2.24) is 0 Å². The van der Waals surface area contributed by atoms with Crippen LogP contribution in [0.15, 0.2) is 0 Å². The van der Waals surface area contributed by atoms with Crippen LogP contribution in [0, 0.1) is 0 Å². The van der Waals surface area contributed by atoms with E-state index in [-0.39, 0.29) is 48.2 Å². The zero-order valence-corrected chi connectivity index (χ0v) is 32.9. The van der Waals surface area contributed by atoms with E-state index in [0.29, 0.717) is 0 Å². The van der Waals surface area contributed by atoms with Gasteiger partial charge in [-0.1, -0.05) is 96.9 Å². The van der Waals surface area contributed by atoms with Gasteiger partial charge in [0.05, 0.1) is 33.6 Å². The van der Waals surface area contributed by atoms with Crippen molar-refractivity contribution in [3.8, 4) is 0 Å². The molecule has 0 amide bonds. The van der Waals surface area contributed by atoms with Crippen molar-refractivity contribution >= 4 is 21.1 Å². The molecule has 3 rings (SSSR count). The van der Waals surface area contributed by atoms with E-state index in [1.807, 2.05) is 131 Å². The normalized spacial score (nSPS) is 21.8. The first-order chi connectivity index (χ1) is 18.6. The standard InChI is InChI=1S/C12H24B2O4.C7H15BO2.C3H8.5C2H6.CH4/c1-9(2)10(3,4)16-13(15-9)14-17-11(5,6)12(7,8)18-14;1-6(2)7(3,4)10-8(5)9-6;1-3-2;5*1-2;/h1-8H3;1-5H3;3H2,1-2H3;5*1-2H3;1H4. The van der Waals surface area contributed by atoms with Crippen molar-refractivity contribution in [2.75, 3.05) is 0 Å². The lowest BCUT2D eigenvalue weighted by atomic mass is 9.49. The van der Waals surface area contributed by atoms with Crippen LogP contribution in [0.5, 0.6) is 0 Å². The van der Waals surface area contributed by atoms with Crippen molar-refractivity contribution in [2.45, 2.75) is 220 Å². The van der Waals surface area contributed by atoms with Gasteiger partial charge in [-0.25, -0.2) is 0 Å². The second-order valence-corrected chi connectivity index (χ2v) is 11.8. The summed E-state index contributed by atoms with van der Waals surface area (Å²) in [6.07, 6.45) is 1.25. The van der Waals surface area contributed by atoms with Gasteiger partial charge >= 0.3 is 21.1 Å². The van der Waals surface area contributed by atoms with Crippen LogP contribution in [0.25, 0.3) is 0 Å². The third-order valence-electron chi connectivity index (χ3n) is 7.14. The van der Waals surface area contributed by atoms with E-state index in [4.69, 9.17) is 27.9 Å². The Labute approximate surface area is 269 Å². The second kappa shape index (κ2) is 24.2. The third kappa shape index (κ3) is 16.3. The van der Waals surface area contributed by atoms with Crippen LogP contribution >= 0.6 is 0 Å². The highest BCUT2D eigenvalue weighted by Crippen LogP contribution is 2.43. The Balaban J connectivity index is -0.000000115. The summed E-state index contributed by atoms with van der Waals surface area (Å²) in [4.78, 5) is 0. The molecule has 0 saturated carbocycles. The van der Waals surface area contributed by atoms with Crippen LogP contribution < -0.4 is 0 Å². The van der Waals surface area contributed by atoms with Gasteiger partial charge in [-0.05, 0) is 89.9 Å².